The van der Waals surface area contributed by atoms with E-state index in [9.17, 15) is 0 Å². The topological polar surface area (TPSA) is 47.6 Å². The van der Waals surface area contributed by atoms with Gasteiger partial charge in [0.1, 0.15) is 5.92 Å². The molecule has 76 valence electrons. The number of nitrogens with zero attached hydrogens (tertiary/aromatic N) is 2. The summed E-state index contributed by atoms with van der Waals surface area (Å²) in [6.45, 7) is 2.03. The Hall–Kier alpha value is -1.45. The highest BCUT2D eigenvalue weighted by atomic mass is 32.2. The smallest absolute Gasteiger partial charge is 0.149 e. The molecule has 15 heavy (non-hydrogen) atoms. The predicted octanol–water partition coefficient (Wildman–Crippen LogP) is 3.14. The monoisotopic (exact) mass is 216 g/mol. The molecule has 0 bridgehead atoms. The lowest BCUT2D eigenvalue weighted by Gasteiger charge is -2.16. The van der Waals surface area contributed by atoms with Crippen LogP contribution in [0.4, 0.5) is 0 Å². The molecule has 0 radical (unpaired) electrons. The Morgan fingerprint density at radius 1 is 1.20 bits per heavy atom. The van der Waals surface area contributed by atoms with Gasteiger partial charge in [0.25, 0.3) is 0 Å². The summed E-state index contributed by atoms with van der Waals surface area (Å²) < 4.78 is 0. The van der Waals surface area contributed by atoms with E-state index in [2.05, 4.69) is 12.1 Å². The van der Waals surface area contributed by atoms with Crippen LogP contribution in [0, 0.1) is 28.6 Å². The number of rotatable bonds is 4. The molecule has 0 aromatic heterocycles. The van der Waals surface area contributed by atoms with Gasteiger partial charge in [-0.25, -0.2) is 0 Å². The summed E-state index contributed by atoms with van der Waals surface area (Å²) in [5, 5.41) is 17.8. The van der Waals surface area contributed by atoms with Gasteiger partial charge in [-0.2, -0.15) is 22.3 Å². The number of thioether (sulfide) groups is 1. The van der Waals surface area contributed by atoms with Crippen molar-refractivity contribution in [2.75, 3.05) is 5.75 Å². The maximum Gasteiger partial charge on any atom is 0.149 e. The Morgan fingerprint density at radius 2 is 1.80 bits per heavy atom. The highest BCUT2D eigenvalue weighted by Gasteiger charge is 2.22. The van der Waals surface area contributed by atoms with Crippen LogP contribution in [0.25, 0.3) is 0 Å². The first-order valence-corrected chi connectivity index (χ1v) is 5.84. The highest BCUT2D eigenvalue weighted by molar-refractivity contribution is 7.99. The molecule has 1 aromatic rings. The SMILES string of the molecule is CCSC(c1ccccc1)C(C#N)C#N. The maximum atomic E-state index is 8.90. The summed E-state index contributed by atoms with van der Waals surface area (Å²) >= 11 is 1.64. The second-order valence-corrected chi connectivity index (χ2v) is 4.44. The average molecular weight is 216 g/mol. The van der Waals surface area contributed by atoms with Crippen LogP contribution in [-0.4, -0.2) is 5.75 Å². The van der Waals surface area contributed by atoms with Crippen molar-refractivity contribution in [1.29, 1.82) is 10.5 Å². The fraction of sp³-hybridized carbons (Fsp3) is 0.333. The van der Waals surface area contributed by atoms with Crippen molar-refractivity contribution in [2.45, 2.75) is 12.2 Å². The highest BCUT2D eigenvalue weighted by Crippen LogP contribution is 2.35. The fourth-order valence-electron chi connectivity index (χ4n) is 1.37. The van der Waals surface area contributed by atoms with Gasteiger partial charge in [-0.3, -0.25) is 0 Å². The molecule has 1 unspecified atom stereocenters. The van der Waals surface area contributed by atoms with E-state index in [-0.39, 0.29) is 5.25 Å². The third kappa shape index (κ3) is 3.01. The van der Waals surface area contributed by atoms with Crippen molar-refractivity contribution >= 4 is 11.8 Å². The molecule has 0 heterocycles. The zero-order valence-corrected chi connectivity index (χ0v) is 9.37. The van der Waals surface area contributed by atoms with Crippen LogP contribution in [0.2, 0.25) is 0 Å². The van der Waals surface area contributed by atoms with Crippen molar-refractivity contribution in [1.82, 2.24) is 0 Å². The van der Waals surface area contributed by atoms with Gasteiger partial charge in [-0.1, -0.05) is 37.3 Å². The Bertz CT molecular complexity index is 361. The van der Waals surface area contributed by atoms with Crippen LogP contribution in [-0.2, 0) is 0 Å². The number of hydrogen-bond donors (Lipinski definition) is 0. The van der Waals surface area contributed by atoms with Gasteiger partial charge in [0, 0.05) is 0 Å². The van der Waals surface area contributed by atoms with E-state index < -0.39 is 5.92 Å². The van der Waals surface area contributed by atoms with Crippen molar-refractivity contribution in [3.05, 3.63) is 35.9 Å². The lowest BCUT2D eigenvalue weighted by atomic mass is 10.0. The molecule has 1 atom stereocenters. The van der Waals surface area contributed by atoms with Crippen molar-refractivity contribution < 1.29 is 0 Å². The molecule has 2 nitrogen and oxygen atoms in total. The molecule has 1 rings (SSSR count). The summed E-state index contributed by atoms with van der Waals surface area (Å²) in [7, 11) is 0. The quantitative estimate of drug-likeness (QED) is 0.776. The predicted molar refractivity (Wildman–Crippen MR) is 62.0 cm³/mol. The molecule has 3 heteroatoms. The Kier molecular flexibility index (Phi) is 4.74. The number of hydrogen-bond acceptors (Lipinski definition) is 3. The fourth-order valence-corrected chi connectivity index (χ4v) is 2.39. The minimum atomic E-state index is -0.572. The molecule has 0 aliphatic rings. The van der Waals surface area contributed by atoms with Crippen LogP contribution in [0.5, 0.6) is 0 Å². The summed E-state index contributed by atoms with van der Waals surface area (Å²) in [5.74, 6) is 0.330. The van der Waals surface area contributed by atoms with Crippen LogP contribution in [0.15, 0.2) is 30.3 Å². The van der Waals surface area contributed by atoms with E-state index in [0.717, 1.165) is 11.3 Å². The second-order valence-electron chi connectivity index (χ2n) is 3.02. The molecule has 0 saturated heterocycles. The van der Waals surface area contributed by atoms with Gasteiger partial charge < -0.3 is 0 Å². The van der Waals surface area contributed by atoms with Crippen molar-refractivity contribution in [2.24, 2.45) is 5.92 Å². The third-order valence-electron chi connectivity index (χ3n) is 2.06. The van der Waals surface area contributed by atoms with Crippen LogP contribution in [0.1, 0.15) is 17.7 Å². The molecule has 0 spiro atoms. The van der Waals surface area contributed by atoms with Gasteiger partial charge in [-0.05, 0) is 11.3 Å². The zero-order chi connectivity index (χ0) is 11.1. The largest absolute Gasteiger partial charge is 0.197 e. The maximum absolute atomic E-state index is 8.90. The lowest BCUT2D eigenvalue weighted by molar-refractivity contribution is 0.811. The molecule has 0 amide bonds. The molecule has 0 aliphatic carbocycles. The Balaban J connectivity index is 2.94. The Morgan fingerprint density at radius 3 is 2.27 bits per heavy atom. The van der Waals surface area contributed by atoms with Gasteiger partial charge in [-0.15, -0.1) is 0 Å². The van der Waals surface area contributed by atoms with E-state index in [1.54, 1.807) is 11.8 Å². The normalized spacial score (nSPS) is 11.7. The number of benzene rings is 1. The van der Waals surface area contributed by atoms with E-state index in [1.165, 1.54) is 0 Å². The molecule has 0 saturated carbocycles. The molecule has 1 aromatic carbocycles. The minimum Gasteiger partial charge on any atom is -0.197 e. The standard InChI is InChI=1S/C12H12N2S/c1-2-15-12(11(8-13)9-14)10-6-4-3-5-7-10/h3-7,11-12H,2H2,1H3. The van der Waals surface area contributed by atoms with E-state index in [0.29, 0.717) is 0 Å². The van der Waals surface area contributed by atoms with Crippen LogP contribution in [0.3, 0.4) is 0 Å². The molecule has 0 N–H and O–H groups in total. The van der Waals surface area contributed by atoms with E-state index >= 15 is 0 Å². The van der Waals surface area contributed by atoms with Gasteiger partial charge in [0.05, 0.1) is 17.4 Å². The molecule has 0 fully saturated rings. The van der Waals surface area contributed by atoms with E-state index in [4.69, 9.17) is 10.5 Å². The van der Waals surface area contributed by atoms with Gasteiger partial charge in [0.15, 0.2) is 0 Å². The van der Waals surface area contributed by atoms with Crippen molar-refractivity contribution in [3.63, 3.8) is 0 Å². The van der Waals surface area contributed by atoms with Gasteiger partial charge in [0.2, 0.25) is 0 Å². The van der Waals surface area contributed by atoms with Crippen LogP contribution < -0.4 is 0 Å². The third-order valence-corrected chi connectivity index (χ3v) is 3.29. The first-order valence-electron chi connectivity index (χ1n) is 4.79. The molecular weight excluding hydrogens is 204 g/mol. The van der Waals surface area contributed by atoms with Gasteiger partial charge >= 0.3 is 0 Å². The summed E-state index contributed by atoms with van der Waals surface area (Å²) in [5.41, 5.74) is 1.05. The zero-order valence-electron chi connectivity index (χ0n) is 8.55. The minimum absolute atomic E-state index is 0.0359. The van der Waals surface area contributed by atoms with E-state index in [1.807, 2.05) is 37.3 Å². The summed E-state index contributed by atoms with van der Waals surface area (Å²) in [4.78, 5) is 0. The first-order chi connectivity index (χ1) is 7.33. The molecular formula is C12H12N2S. The lowest BCUT2D eigenvalue weighted by Crippen LogP contribution is -2.06. The van der Waals surface area contributed by atoms with Crippen LogP contribution >= 0.6 is 11.8 Å². The second kappa shape index (κ2) is 6.11. The molecule has 0 aliphatic heterocycles. The summed E-state index contributed by atoms with van der Waals surface area (Å²) in [6.07, 6.45) is 0. The Labute approximate surface area is 94.5 Å². The average Bonchev–Trinajstić information content (AvgIpc) is 2.30. The number of nitriles is 2. The van der Waals surface area contributed by atoms with Crippen molar-refractivity contribution in [3.8, 4) is 12.1 Å². The first kappa shape index (κ1) is 11.6. The summed E-state index contributed by atoms with van der Waals surface area (Å²) in [6, 6.07) is 13.8.